The number of carbonyl (C=O) groups is 2. The lowest BCUT2D eigenvalue weighted by Gasteiger charge is -2.31. The summed E-state index contributed by atoms with van der Waals surface area (Å²) in [6, 6.07) is 11.8. The van der Waals surface area contributed by atoms with Gasteiger partial charge in [-0.05, 0) is 19.8 Å². The molecule has 1 aromatic heterocycles. The van der Waals surface area contributed by atoms with Gasteiger partial charge in [-0.25, -0.2) is 9.78 Å². The highest BCUT2D eigenvalue weighted by Crippen LogP contribution is 2.29. The lowest BCUT2D eigenvalue weighted by Crippen LogP contribution is -2.50. The van der Waals surface area contributed by atoms with E-state index in [-0.39, 0.29) is 0 Å². The smallest absolute Gasteiger partial charge is 0.350 e. The molecule has 3 rings (SSSR count). The Morgan fingerprint density at radius 3 is 2.63 bits per heavy atom. The summed E-state index contributed by atoms with van der Waals surface area (Å²) in [5.74, 6) is -1.02. The molecule has 0 atom stereocenters. The number of nitriles is 1. The first-order chi connectivity index (χ1) is 13.0. The number of amides is 1. The number of thiazole rings is 1. The van der Waals surface area contributed by atoms with Crippen molar-refractivity contribution in [3.05, 3.63) is 40.9 Å². The van der Waals surface area contributed by atoms with Crippen LogP contribution >= 0.6 is 11.3 Å². The second-order valence-corrected chi connectivity index (χ2v) is 7.68. The average Bonchev–Trinajstić information content (AvgIpc) is 3.09. The lowest BCUT2D eigenvalue weighted by atomic mass is 9.83. The molecule has 1 amide bonds. The van der Waals surface area contributed by atoms with Crippen LogP contribution in [0.5, 0.6) is 0 Å². The number of benzene rings is 1. The van der Waals surface area contributed by atoms with E-state index in [2.05, 4.69) is 16.4 Å². The Hall–Kier alpha value is -2.72. The summed E-state index contributed by atoms with van der Waals surface area (Å²) in [7, 11) is 0. The predicted molar refractivity (Wildman–Crippen MR) is 102 cm³/mol. The van der Waals surface area contributed by atoms with E-state index < -0.39 is 24.0 Å². The Morgan fingerprint density at radius 2 is 1.96 bits per heavy atom. The summed E-state index contributed by atoms with van der Waals surface area (Å²) >= 11 is 1.24. The fourth-order valence-corrected chi connectivity index (χ4v) is 4.18. The van der Waals surface area contributed by atoms with Gasteiger partial charge in [-0.15, -0.1) is 11.3 Å². The van der Waals surface area contributed by atoms with Gasteiger partial charge in [-0.3, -0.25) is 4.79 Å². The Labute approximate surface area is 162 Å². The number of nitrogens with one attached hydrogen (secondary N) is 1. The molecule has 1 aliphatic carbocycles. The van der Waals surface area contributed by atoms with Crippen LogP contribution in [0.15, 0.2) is 30.3 Å². The van der Waals surface area contributed by atoms with Crippen LogP contribution in [0.4, 0.5) is 0 Å². The van der Waals surface area contributed by atoms with Crippen molar-refractivity contribution in [1.29, 1.82) is 5.26 Å². The molecule has 0 bridgehead atoms. The maximum Gasteiger partial charge on any atom is 0.350 e. The van der Waals surface area contributed by atoms with Crippen LogP contribution in [0.2, 0.25) is 0 Å². The third kappa shape index (κ3) is 4.52. The zero-order chi connectivity index (χ0) is 19.3. The molecule has 1 fully saturated rings. The number of nitrogens with zero attached hydrogens (tertiary/aromatic N) is 2. The number of aromatic nitrogens is 1. The summed E-state index contributed by atoms with van der Waals surface area (Å²) in [5.41, 5.74) is 0.670. The van der Waals surface area contributed by atoms with E-state index in [4.69, 9.17) is 4.74 Å². The van der Waals surface area contributed by atoms with Crippen molar-refractivity contribution >= 4 is 23.2 Å². The molecular weight excluding hydrogens is 362 g/mol. The van der Waals surface area contributed by atoms with Crippen molar-refractivity contribution in [3.8, 4) is 16.6 Å². The molecule has 140 valence electrons. The van der Waals surface area contributed by atoms with Crippen LogP contribution in [-0.2, 0) is 9.53 Å². The van der Waals surface area contributed by atoms with E-state index in [1.165, 1.54) is 11.3 Å². The Bertz CT molecular complexity index is 864. The van der Waals surface area contributed by atoms with E-state index in [0.29, 0.717) is 23.4 Å². The standard InChI is InChI=1S/C20H21N3O3S/c1-14-17(27-18(22-14)15-8-4-2-5-9-15)19(25)26-12-16(24)23-20(13-21)10-6-3-7-11-20/h2,4-5,8-9H,3,6-7,10-12H2,1H3,(H,23,24). The fourth-order valence-electron chi connectivity index (χ4n) is 3.21. The molecule has 0 aliphatic heterocycles. The molecule has 1 N–H and O–H groups in total. The highest BCUT2D eigenvalue weighted by Gasteiger charge is 2.33. The van der Waals surface area contributed by atoms with E-state index in [1.54, 1.807) is 6.92 Å². The van der Waals surface area contributed by atoms with Gasteiger partial charge in [0.05, 0.1) is 11.8 Å². The van der Waals surface area contributed by atoms with Gasteiger partial charge in [0.15, 0.2) is 6.61 Å². The topological polar surface area (TPSA) is 92.1 Å². The van der Waals surface area contributed by atoms with Gasteiger partial charge in [0.1, 0.15) is 15.4 Å². The van der Waals surface area contributed by atoms with Gasteiger partial charge in [-0.1, -0.05) is 49.6 Å². The molecule has 1 heterocycles. The zero-order valence-corrected chi connectivity index (χ0v) is 16.0. The minimum absolute atomic E-state index is 0.384. The molecule has 7 heteroatoms. The summed E-state index contributed by atoms with van der Waals surface area (Å²) in [6.07, 6.45) is 4.17. The second kappa shape index (κ2) is 8.31. The van der Waals surface area contributed by atoms with Gasteiger partial charge in [0.25, 0.3) is 5.91 Å². The number of rotatable bonds is 5. The van der Waals surface area contributed by atoms with Crippen LogP contribution in [-0.4, -0.2) is 29.0 Å². The summed E-state index contributed by atoms with van der Waals surface area (Å²) in [6.45, 7) is 1.34. The molecule has 0 spiro atoms. The molecule has 0 saturated heterocycles. The average molecular weight is 383 g/mol. The highest BCUT2D eigenvalue weighted by atomic mass is 32.1. The minimum Gasteiger partial charge on any atom is -0.451 e. The molecule has 1 saturated carbocycles. The first kappa shape index (κ1) is 19.1. The van der Waals surface area contributed by atoms with Crippen LogP contribution in [0.3, 0.4) is 0 Å². The normalized spacial score (nSPS) is 15.6. The fraction of sp³-hybridized carbons (Fsp3) is 0.400. The maximum atomic E-state index is 12.4. The molecule has 27 heavy (non-hydrogen) atoms. The maximum absolute atomic E-state index is 12.4. The Balaban J connectivity index is 1.60. The number of esters is 1. The Kier molecular flexibility index (Phi) is 5.87. The van der Waals surface area contributed by atoms with Gasteiger partial charge in [-0.2, -0.15) is 5.26 Å². The quantitative estimate of drug-likeness (QED) is 0.796. The van der Waals surface area contributed by atoms with Crippen LogP contribution < -0.4 is 5.32 Å². The predicted octanol–water partition coefficient (Wildman–Crippen LogP) is 3.62. The zero-order valence-electron chi connectivity index (χ0n) is 15.2. The molecule has 1 aliphatic rings. The number of aryl methyl sites for hydroxylation is 1. The molecule has 2 aromatic rings. The number of hydrogen-bond donors (Lipinski definition) is 1. The van der Waals surface area contributed by atoms with E-state index in [1.807, 2.05) is 30.3 Å². The number of ether oxygens (including phenoxy) is 1. The van der Waals surface area contributed by atoms with Crippen molar-refractivity contribution in [1.82, 2.24) is 10.3 Å². The van der Waals surface area contributed by atoms with Gasteiger partial charge in [0, 0.05) is 5.56 Å². The number of hydrogen-bond acceptors (Lipinski definition) is 6. The van der Waals surface area contributed by atoms with E-state index >= 15 is 0 Å². The minimum atomic E-state index is -0.831. The Morgan fingerprint density at radius 1 is 1.26 bits per heavy atom. The SMILES string of the molecule is Cc1nc(-c2ccccc2)sc1C(=O)OCC(=O)NC1(C#N)CCCCC1. The van der Waals surface area contributed by atoms with Crippen molar-refractivity contribution in [2.24, 2.45) is 0 Å². The molecule has 0 unspecified atom stereocenters. The second-order valence-electron chi connectivity index (χ2n) is 6.68. The van der Waals surface area contributed by atoms with E-state index in [0.717, 1.165) is 29.8 Å². The summed E-state index contributed by atoms with van der Waals surface area (Å²) < 4.78 is 5.16. The van der Waals surface area contributed by atoms with Crippen molar-refractivity contribution in [2.75, 3.05) is 6.61 Å². The van der Waals surface area contributed by atoms with Crippen LogP contribution in [0.25, 0.3) is 10.6 Å². The van der Waals surface area contributed by atoms with Crippen molar-refractivity contribution in [3.63, 3.8) is 0 Å². The molecule has 6 nitrogen and oxygen atoms in total. The van der Waals surface area contributed by atoms with Crippen LogP contribution in [0.1, 0.15) is 47.5 Å². The molecule has 0 radical (unpaired) electrons. The highest BCUT2D eigenvalue weighted by molar-refractivity contribution is 7.17. The monoisotopic (exact) mass is 383 g/mol. The van der Waals surface area contributed by atoms with Crippen LogP contribution in [0, 0.1) is 18.3 Å². The number of carbonyl (C=O) groups excluding carboxylic acids is 2. The third-order valence-electron chi connectivity index (χ3n) is 4.64. The van der Waals surface area contributed by atoms with Gasteiger partial charge >= 0.3 is 5.97 Å². The summed E-state index contributed by atoms with van der Waals surface area (Å²) in [4.78, 5) is 29.3. The van der Waals surface area contributed by atoms with Gasteiger partial charge < -0.3 is 10.1 Å². The summed E-state index contributed by atoms with van der Waals surface area (Å²) in [5, 5.41) is 12.9. The largest absolute Gasteiger partial charge is 0.451 e. The van der Waals surface area contributed by atoms with Crippen molar-refractivity contribution in [2.45, 2.75) is 44.6 Å². The van der Waals surface area contributed by atoms with E-state index in [9.17, 15) is 14.9 Å². The molecular formula is C20H21N3O3S. The first-order valence-corrected chi connectivity index (χ1v) is 9.77. The third-order valence-corrected chi connectivity index (χ3v) is 5.82. The molecule has 1 aromatic carbocycles. The first-order valence-electron chi connectivity index (χ1n) is 8.95. The lowest BCUT2D eigenvalue weighted by molar-refractivity contribution is -0.125. The van der Waals surface area contributed by atoms with Crippen molar-refractivity contribution < 1.29 is 14.3 Å². The van der Waals surface area contributed by atoms with Gasteiger partial charge in [0.2, 0.25) is 0 Å².